The maximum absolute atomic E-state index is 12.5. The molecule has 0 amide bonds. The number of anilines is 1. The number of para-hydroxylation sites is 1. The molecular formula is C14H13Cl2NO3S2. The van der Waals surface area contributed by atoms with Crippen molar-refractivity contribution < 1.29 is 13.2 Å². The van der Waals surface area contributed by atoms with Gasteiger partial charge in [-0.15, -0.1) is 11.8 Å². The van der Waals surface area contributed by atoms with Gasteiger partial charge >= 0.3 is 0 Å². The number of nitrogens with one attached hydrogen (secondary N) is 1. The van der Waals surface area contributed by atoms with Crippen molar-refractivity contribution >= 4 is 50.7 Å². The summed E-state index contributed by atoms with van der Waals surface area (Å²) in [4.78, 5) is 0.706. The van der Waals surface area contributed by atoms with Crippen LogP contribution in [0.2, 0.25) is 10.0 Å². The molecule has 118 valence electrons. The van der Waals surface area contributed by atoms with E-state index in [4.69, 9.17) is 27.9 Å². The maximum Gasteiger partial charge on any atom is 0.263 e. The summed E-state index contributed by atoms with van der Waals surface area (Å²) in [7, 11) is -2.43. The van der Waals surface area contributed by atoms with Crippen molar-refractivity contribution in [3.05, 3.63) is 46.4 Å². The van der Waals surface area contributed by atoms with Gasteiger partial charge in [0.25, 0.3) is 10.0 Å². The molecule has 0 saturated carbocycles. The van der Waals surface area contributed by atoms with E-state index < -0.39 is 10.0 Å². The van der Waals surface area contributed by atoms with Gasteiger partial charge in [-0.3, -0.25) is 4.72 Å². The van der Waals surface area contributed by atoms with Gasteiger partial charge in [0.05, 0.1) is 17.8 Å². The summed E-state index contributed by atoms with van der Waals surface area (Å²) < 4.78 is 32.6. The Labute approximate surface area is 143 Å². The Morgan fingerprint density at radius 3 is 2.41 bits per heavy atom. The Kier molecular flexibility index (Phi) is 5.50. The highest BCUT2D eigenvalue weighted by atomic mass is 35.5. The minimum atomic E-state index is -3.86. The second-order valence-electron chi connectivity index (χ2n) is 4.20. The average molecular weight is 378 g/mol. The molecule has 22 heavy (non-hydrogen) atoms. The van der Waals surface area contributed by atoms with Crippen LogP contribution in [0.5, 0.6) is 5.75 Å². The number of ether oxygens (including phenoxy) is 1. The normalized spacial score (nSPS) is 11.3. The van der Waals surface area contributed by atoms with Crippen molar-refractivity contribution in [2.75, 3.05) is 18.1 Å². The van der Waals surface area contributed by atoms with E-state index in [1.807, 2.05) is 18.4 Å². The first kappa shape index (κ1) is 17.3. The number of hydrogen-bond acceptors (Lipinski definition) is 4. The van der Waals surface area contributed by atoms with Gasteiger partial charge < -0.3 is 4.74 Å². The topological polar surface area (TPSA) is 55.4 Å². The molecular weight excluding hydrogens is 365 g/mol. The maximum atomic E-state index is 12.5. The van der Waals surface area contributed by atoms with Crippen molar-refractivity contribution in [1.29, 1.82) is 0 Å². The fourth-order valence-corrected chi connectivity index (χ4v) is 4.35. The second kappa shape index (κ2) is 7.00. The third-order valence-corrected chi connectivity index (χ3v) is 6.05. The van der Waals surface area contributed by atoms with E-state index in [0.717, 1.165) is 4.90 Å². The molecule has 0 aromatic heterocycles. The predicted octanol–water partition coefficient (Wildman–Crippen LogP) is 4.52. The van der Waals surface area contributed by atoms with Crippen LogP contribution >= 0.6 is 35.0 Å². The molecule has 0 aliphatic rings. The number of halogens is 2. The molecule has 8 heteroatoms. The van der Waals surface area contributed by atoms with Crippen LogP contribution in [0.1, 0.15) is 0 Å². The molecule has 0 spiro atoms. The molecule has 2 rings (SSSR count). The largest absolute Gasteiger partial charge is 0.495 e. The van der Waals surface area contributed by atoms with Crippen LogP contribution in [0, 0.1) is 0 Å². The van der Waals surface area contributed by atoms with Crippen LogP contribution in [0.3, 0.4) is 0 Å². The highest BCUT2D eigenvalue weighted by Gasteiger charge is 2.22. The Balaban J connectivity index is 2.46. The molecule has 0 bridgehead atoms. The zero-order valence-corrected chi connectivity index (χ0v) is 14.9. The molecule has 0 heterocycles. The number of hydrogen-bond donors (Lipinski definition) is 1. The summed E-state index contributed by atoms with van der Waals surface area (Å²) in [5.74, 6) is 0.315. The quantitative estimate of drug-likeness (QED) is 0.777. The van der Waals surface area contributed by atoms with Gasteiger partial charge in [0.2, 0.25) is 0 Å². The summed E-state index contributed by atoms with van der Waals surface area (Å²) in [6.07, 6.45) is 1.87. The van der Waals surface area contributed by atoms with Gasteiger partial charge in [-0.05, 0) is 30.5 Å². The number of benzene rings is 2. The van der Waals surface area contributed by atoms with Gasteiger partial charge in [-0.2, -0.15) is 0 Å². The third kappa shape index (κ3) is 3.46. The van der Waals surface area contributed by atoms with E-state index in [0.29, 0.717) is 11.4 Å². The number of methoxy groups -OCH3 is 1. The Bertz CT molecular complexity index is 795. The Morgan fingerprint density at radius 2 is 1.77 bits per heavy atom. The summed E-state index contributed by atoms with van der Waals surface area (Å²) in [5.41, 5.74) is 0.484. The van der Waals surface area contributed by atoms with Crippen LogP contribution in [0.25, 0.3) is 0 Å². The fraction of sp³-hybridized carbons (Fsp3) is 0.143. The number of sulfonamides is 1. The summed E-state index contributed by atoms with van der Waals surface area (Å²) in [5, 5.41) is -0.0136. The lowest BCUT2D eigenvalue weighted by Gasteiger charge is -2.13. The van der Waals surface area contributed by atoms with Gasteiger partial charge in [-0.25, -0.2) is 8.42 Å². The highest BCUT2D eigenvalue weighted by molar-refractivity contribution is 7.99. The average Bonchev–Trinajstić information content (AvgIpc) is 2.50. The first-order chi connectivity index (χ1) is 10.4. The minimum absolute atomic E-state index is 0.0604. The van der Waals surface area contributed by atoms with Gasteiger partial charge in [0, 0.05) is 4.90 Å². The van der Waals surface area contributed by atoms with E-state index in [1.54, 1.807) is 12.1 Å². The Morgan fingerprint density at radius 1 is 1.09 bits per heavy atom. The van der Waals surface area contributed by atoms with Crippen molar-refractivity contribution in [2.45, 2.75) is 9.79 Å². The molecule has 1 N–H and O–H groups in total. The lowest BCUT2D eigenvalue weighted by molar-refractivity contribution is 0.414. The van der Waals surface area contributed by atoms with Gasteiger partial charge in [0.1, 0.15) is 15.7 Å². The zero-order chi connectivity index (χ0) is 16.3. The molecule has 0 radical (unpaired) electrons. The van der Waals surface area contributed by atoms with E-state index in [2.05, 4.69) is 4.72 Å². The van der Waals surface area contributed by atoms with Crippen molar-refractivity contribution in [3.63, 3.8) is 0 Å². The molecule has 0 unspecified atom stereocenters. The summed E-state index contributed by atoms with van der Waals surface area (Å²) in [6.45, 7) is 0. The van der Waals surface area contributed by atoms with Crippen LogP contribution in [0.4, 0.5) is 5.69 Å². The van der Waals surface area contributed by atoms with Crippen molar-refractivity contribution in [1.82, 2.24) is 0 Å². The minimum Gasteiger partial charge on any atom is -0.495 e. The lowest BCUT2D eigenvalue weighted by Crippen LogP contribution is -2.14. The SMILES string of the molecule is COc1ccc(S(=O)(=O)Nc2ccccc2SC)c(Cl)c1Cl. The van der Waals surface area contributed by atoms with E-state index >= 15 is 0 Å². The lowest BCUT2D eigenvalue weighted by atomic mass is 10.3. The van der Waals surface area contributed by atoms with Gasteiger partial charge in [-0.1, -0.05) is 35.3 Å². The van der Waals surface area contributed by atoms with E-state index in [9.17, 15) is 8.42 Å². The molecule has 2 aromatic rings. The molecule has 0 fully saturated rings. The highest BCUT2D eigenvalue weighted by Crippen LogP contribution is 2.37. The number of thioether (sulfide) groups is 1. The standard InChI is InChI=1S/C14H13Cl2NO3S2/c1-20-10-7-8-12(14(16)13(10)15)22(18,19)17-9-5-3-4-6-11(9)21-2/h3-8,17H,1-2H3. The predicted molar refractivity (Wildman–Crippen MR) is 92.0 cm³/mol. The smallest absolute Gasteiger partial charge is 0.263 e. The monoisotopic (exact) mass is 377 g/mol. The molecule has 4 nitrogen and oxygen atoms in total. The van der Waals surface area contributed by atoms with E-state index in [-0.39, 0.29) is 14.9 Å². The van der Waals surface area contributed by atoms with Crippen molar-refractivity contribution in [3.8, 4) is 5.75 Å². The Hall–Kier alpha value is -1.08. The molecule has 0 aliphatic heterocycles. The summed E-state index contributed by atoms with van der Waals surface area (Å²) in [6, 6.07) is 9.91. The summed E-state index contributed by atoms with van der Waals surface area (Å²) >= 11 is 13.5. The molecule has 0 saturated heterocycles. The molecule has 0 aliphatic carbocycles. The first-order valence-electron chi connectivity index (χ1n) is 6.08. The third-order valence-electron chi connectivity index (χ3n) is 2.87. The van der Waals surface area contributed by atoms with Crippen LogP contribution in [0.15, 0.2) is 46.2 Å². The fourth-order valence-electron chi connectivity index (χ4n) is 1.81. The molecule has 0 atom stereocenters. The van der Waals surface area contributed by atoms with Crippen LogP contribution in [-0.2, 0) is 10.0 Å². The van der Waals surface area contributed by atoms with Gasteiger partial charge in [0.15, 0.2) is 0 Å². The van der Waals surface area contributed by atoms with Crippen molar-refractivity contribution in [2.24, 2.45) is 0 Å². The first-order valence-corrected chi connectivity index (χ1v) is 9.55. The second-order valence-corrected chi connectivity index (χ2v) is 7.45. The van der Waals surface area contributed by atoms with E-state index in [1.165, 1.54) is 31.0 Å². The zero-order valence-electron chi connectivity index (χ0n) is 11.8. The van der Waals surface area contributed by atoms with Crippen LogP contribution < -0.4 is 9.46 Å². The number of rotatable bonds is 5. The van der Waals surface area contributed by atoms with Crippen LogP contribution in [-0.4, -0.2) is 21.8 Å². The molecule has 2 aromatic carbocycles.